The van der Waals surface area contributed by atoms with E-state index in [2.05, 4.69) is 6.92 Å². The second-order valence-electron chi connectivity index (χ2n) is 4.93. The molecular weight excluding hydrogens is 176 g/mol. The summed E-state index contributed by atoms with van der Waals surface area (Å²) in [7, 11) is 0. The minimum Gasteiger partial charge on any atom is -0.457 e. The maximum Gasteiger partial charge on any atom is 0.306 e. The molecule has 0 bridgehead atoms. The van der Waals surface area contributed by atoms with E-state index in [-0.39, 0.29) is 12.1 Å². The molecule has 1 fully saturated rings. The Bertz CT molecular complexity index is 316. The smallest absolute Gasteiger partial charge is 0.306 e. The van der Waals surface area contributed by atoms with Gasteiger partial charge in [-0.1, -0.05) is 12.5 Å². The summed E-state index contributed by atoms with van der Waals surface area (Å²) in [6.07, 6.45) is 5.82. The average Bonchev–Trinajstić information content (AvgIpc) is 2.60. The van der Waals surface area contributed by atoms with E-state index in [4.69, 9.17) is 4.74 Å². The quantitative estimate of drug-likeness (QED) is 0.435. The van der Waals surface area contributed by atoms with Gasteiger partial charge >= 0.3 is 5.97 Å². The summed E-state index contributed by atoms with van der Waals surface area (Å²) in [5, 5.41) is 0. The monoisotopic (exact) mass is 192 g/mol. The molecule has 0 spiro atoms. The first-order valence-electron chi connectivity index (χ1n) is 5.67. The number of fused-ring (bicyclic) bond motifs is 2. The van der Waals surface area contributed by atoms with Crippen molar-refractivity contribution in [1.82, 2.24) is 0 Å². The molecule has 0 unspecified atom stereocenters. The van der Waals surface area contributed by atoms with E-state index in [0.29, 0.717) is 18.3 Å². The Labute approximate surface area is 84.3 Å². The highest BCUT2D eigenvalue weighted by Crippen LogP contribution is 2.48. The van der Waals surface area contributed by atoms with Crippen LogP contribution in [0.1, 0.15) is 39.0 Å². The lowest BCUT2D eigenvalue weighted by Crippen LogP contribution is -2.19. The number of hydrogen-bond donors (Lipinski definition) is 0. The fourth-order valence-corrected chi connectivity index (χ4v) is 3.39. The highest BCUT2D eigenvalue weighted by Gasteiger charge is 2.45. The Morgan fingerprint density at radius 3 is 3.07 bits per heavy atom. The van der Waals surface area contributed by atoms with Crippen molar-refractivity contribution >= 4 is 5.97 Å². The Kier molecular flexibility index (Phi) is 1.73. The molecule has 1 saturated heterocycles. The molecule has 1 aliphatic heterocycles. The number of hydrogen-bond acceptors (Lipinski definition) is 2. The van der Waals surface area contributed by atoms with E-state index in [1.54, 1.807) is 5.57 Å². The van der Waals surface area contributed by atoms with Crippen LogP contribution in [0.5, 0.6) is 0 Å². The molecule has 0 saturated carbocycles. The maximum atomic E-state index is 11.2. The summed E-state index contributed by atoms with van der Waals surface area (Å²) in [4.78, 5) is 11.2. The molecule has 3 rings (SSSR count). The van der Waals surface area contributed by atoms with Crippen LogP contribution < -0.4 is 0 Å². The van der Waals surface area contributed by atoms with Gasteiger partial charge in [0.05, 0.1) is 6.42 Å². The highest BCUT2D eigenvalue weighted by atomic mass is 16.6. The van der Waals surface area contributed by atoms with Crippen LogP contribution in [0.2, 0.25) is 0 Å². The van der Waals surface area contributed by atoms with Crippen molar-refractivity contribution in [2.45, 2.75) is 45.1 Å². The minimum absolute atomic E-state index is 0.0179. The predicted molar refractivity (Wildman–Crippen MR) is 52.6 cm³/mol. The van der Waals surface area contributed by atoms with Gasteiger partial charge < -0.3 is 4.74 Å². The van der Waals surface area contributed by atoms with Gasteiger partial charge in [0.25, 0.3) is 0 Å². The zero-order valence-corrected chi connectivity index (χ0v) is 8.58. The highest BCUT2D eigenvalue weighted by molar-refractivity contribution is 5.73. The van der Waals surface area contributed by atoms with E-state index in [9.17, 15) is 4.79 Å². The first-order chi connectivity index (χ1) is 6.75. The molecule has 2 aliphatic carbocycles. The van der Waals surface area contributed by atoms with Crippen LogP contribution in [0.3, 0.4) is 0 Å². The SMILES string of the molecule is C[C@@H]1CCCC2=C1[C@@H]1OC(=O)C[C@@H]1C2. The lowest BCUT2D eigenvalue weighted by atomic mass is 9.84. The lowest BCUT2D eigenvalue weighted by molar-refractivity contribution is -0.140. The van der Waals surface area contributed by atoms with Gasteiger partial charge in [0.2, 0.25) is 0 Å². The molecule has 3 aliphatic rings. The first kappa shape index (κ1) is 8.51. The number of carbonyl (C=O) groups is 1. The minimum atomic E-state index is 0.0179. The van der Waals surface area contributed by atoms with Crippen LogP contribution in [0, 0.1) is 11.8 Å². The second-order valence-corrected chi connectivity index (χ2v) is 4.93. The molecule has 0 aromatic carbocycles. The number of esters is 1. The van der Waals surface area contributed by atoms with E-state index >= 15 is 0 Å². The summed E-state index contributed by atoms with van der Waals surface area (Å²) in [6, 6.07) is 0. The molecule has 2 heteroatoms. The molecule has 76 valence electrons. The topological polar surface area (TPSA) is 26.3 Å². The molecule has 2 nitrogen and oxygen atoms in total. The third-order valence-electron chi connectivity index (χ3n) is 3.99. The third-order valence-corrected chi connectivity index (χ3v) is 3.99. The van der Waals surface area contributed by atoms with Crippen molar-refractivity contribution in [3.8, 4) is 0 Å². The van der Waals surface area contributed by atoms with Crippen LogP contribution in [0.25, 0.3) is 0 Å². The van der Waals surface area contributed by atoms with Crippen LogP contribution in [0.4, 0.5) is 0 Å². The normalized spacial score (nSPS) is 40.9. The molecule has 0 aromatic rings. The van der Waals surface area contributed by atoms with Crippen molar-refractivity contribution in [3.63, 3.8) is 0 Å². The Hall–Kier alpha value is -0.790. The van der Waals surface area contributed by atoms with Gasteiger partial charge in [0.1, 0.15) is 6.10 Å². The summed E-state index contributed by atoms with van der Waals surface area (Å²) < 4.78 is 5.43. The van der Waals surface area contributed by atoms with Gasteiger partial charge in [-0.2, -0.15) is 0 Å². The van der Waals surface area contributed by atoms with E-state index in [0.717, 1.165) is 6.42 Å². The van der Waals surface area contributed by atoms with Crippen molar-refractivity contribution < 1.29 is 9.53 Å². The molecule has 1 heterocycles. The van der Waals surface area contributed by atoms with Crippen LogP contribution >= 0.6 is 0 Å². The fourth-order valence-electron chi connectivity index (χ4n) is 3.39. The Morgan fingerprint density at radius 1 is 1.36 bits per heavy atom. The van der Waals surface area contributed by atoms with Gasteiger partial charge in [-0.3, -0.25) is 4.79 Å². The Balaban J connectivity index is 1.94. The van der Waals surface area contributed by atoms with Crippen molar-refractivity contribution in [2.24, 2.45) is 11.8 Å². The van der Waals surface area contributed by atoms with E-state index in [1.165, 1.54) is 24.8 Å². The van der Waals surface area contributed by atoms with Crippen LogP contribution in [0.15, 0.2) is 11.1 Å². The fraction of sp³-hybridized carbons (Fsp3) is 0.750. The number of allylic oxidation sites excluding steroid dienone is 1. The first-order valence-corrected chi connectivity index (χ1v) is 5.67. The van der Waals surface area contributed by atoms with E-state index in [1.807, 2.05) is 0 Å². The lowest BCUT2D eigenvalue weighted by Gasteiger charge is -2.24. The largest absolute Gasteiger partial charge is 0.457 e. The molecule has 0 amide bonds. The molecule has 3 atom stereocenters. The molecule has 0 N–H and O–H groups in total. The van der Waals surface area contributed by atoms with Gasteiger partial charge in [0, 0.05) is 5.92 Å². The van der Waals surface area contributed by atoms with Gasteiger partial charge in [-0.25, -0.2) is 0 Å². The molecule has 0 radical (unpaired) electrons. The standard InChI is InChI=1S/C12H16O2/c1-7-3-2-4-8-5-9-6-10(13)14-12(9)11(7)8/h7,9,12H,2-6H2,1H3/t7-,9+,12-/m1/s1. The van der Waals surface area contributed by atoms with Crippen LogP contribution in [-0.4, -0.2) is 12.1 Å². The zero-order chi connectivity index (χ0) is 9.71. The molecular formula is C12H16O2. The van der Waals surface area contributed by atoms with Gasteiger partial charge in [-0.15, -0.1) is 0 Å². The third kappa shape index (κ3) is 1.06. The molecule has 0 aromatic heterocycles. The predicted octanol–water partition coefficient (Wildman–Crippen LogP) is 2.44. The molecule has 14 heavy (non-hydrogen) atoms. The average molecular weight is 192 g/mol. The number of rotatable bonds is 0. The van der Waals surface area contributed by atoms with Gasteiger partial charge in [0.15, 0.2) is 0 Å². The number of ether oxygens (including phenoxy) is 1. The van der Waals surface area contributed by atoms with Crippen molar-refractivity contribution in [1.29, 1.82) is 0 Å². The van der Waals surface area contributed by atoms with Gasteiger partial charge in [-0.05, 0) is 37.2 Å². The maximum absolute atomic E-state index is 11.2. The Morgan fingerprint density at radius 2 is 2.21 bits per heavy atom. The van der Waals surface area contributed by atoms with Crippen LogP contribution in [-0.2, 0) is 9.53 Å². The second kappa shape index (κ2) is 2.85. The summed E-state index contributed by atoms with van der Waals surface area (Å²) >= 11 is 0. The summed E-state index contributed by atoms with van der Waals surface area (Å²) in [6.45, 7) is 2.28. The zero-order valence-electron chi connectivity index (χ0n) is 8.58. The van der Waals surface area contributed by atoms with Crippen molar-refractivity contribution in [2.75, 3.05) is 0 Å². The summed E-state index contributed by atoms with van der Waals surface area (Å²) in [5.74, 6) is 1.16. The summed E-state index contributed by atoms with van der Waals surface area (Å²) in [5.41, 5.74) is 3.11. The van der Waals surface area contributed by atoms with E-state index < -0.39 is 0 Å². The van der Waals surface area contributed by atoms with Crippen molar-refractivity contribution in [3.05, 3.63) is 11.1 Å². The number of carbonyl (C=O) groups excluding carboxylic acids is 1.